The summed E-state index contributed by atoms with van der Waals surface area (Å²) in [6, 6.07) is 11.1. The molecule has 1 aliphatic heterocycles. The highest BCUT2D eigenvalue weighted by Gasteiger charge is 2.20. The number of anilines is 1. The summed E-state index contributed by atoms with van der Waals surface area (Å²) in [5.74, 6) is 0. The van der Waals surface area contributed by atoms with E-state index in [9.17, 15) is 5.11 Å². The molecule has 2 rings (SSSR count). The number of nitrogens with zero attached hydrogens (tertiary/aromatic N) is 2. The van der Waals surface area contributed by atoms with Crippen LogP contribution in [0.5, 0.6) is 0 Å². The smallest absolute Gasteiger partial charge is 0.107 e. The fourth-order valence-corrected chi connectivity index (χ4v) is 2.13. The molecule has 0 aromatic heterocycles. The van der Waals surface area contributed by atoms with Crippen LogP contribution in [0.25, 0.3) is 0 Å². The Morgan fingerprint density at radius 1 is 1.25 bits per heavy atom. The van der Waals surface area contributed by atoms with E-state index in [4.69, 9.17) is 0 Å². The standard InChI is InChI=1S/C13H19N2O/c1-2-13(16)15-10-8-14(9-11-15)12-6-4-3-5-7-12/h4-7,13,16H,2,8-11H2,1H3. The molecule has 1 saturated heterocycles. The van der Waals surface area contributed by atoms with Crippen LogP contribution in [0.3, 0.4) is 0 Å². The predicted octanol–water partition coefficient (Wildman–Crippen LogP) is 1.34. The molecule has 3 nitrogen and oxygen atoms in total. The average molecular weight is 219 g/mol. The second kappa shape index (κ2) is 5.32. The lowest BCUT2D eigenvalue weighted by atomic mass is 10.2. The third kappa shape index (κ3) is 2.54. The van der Waals surface area contributed by atoms with E-state index < -0.39 is 0 Å². The molecule has 16 heavy (non-hydrogen) atoms. The fourth-order valence-electron chi connectivity index (χ4n) is 2.13. The van der Waals surface area contributed by atoms with Gasteiger partial charge in [-0.3, -0.25) is 4.90 Å². The SMILES string of the molecule is CCC(O)N1CCN(c2cc[c]cc2)CC1. The lowest BCUT2D eigenvalue weighted by molar-refractivity contribution is -0.00191. The minimum Gasteiger partial charge on any atom is -0.378 e. The van der Waals surface area contributed by atoms with E-state index in [0.29, 0.717) is 0 Å². The van der Waals surface area contributed by atoms with Crippen LogP contribution in [0, 0.1) is 6.07 Å². The summed E-state index contributed by atoms with van der Waals surface area (Å²) in [6.07, 6.45) is 0.534. The van der Waals surface area contributed by atoms with Gasteiger partial charge in [0.15, 0.2) is 0 Å². The van der Waals surface area contributed by atoms with E-state index >= 15 is 0 Å². The first kappa shape index (κ1) is 11.4. The maximum Gasteiger partial charge on any atom is 0.107 e. The Balaban J connectivity index is 1.91. The van der Waals surface area contributed by atoms with Crippen LogP contribution in [0.4, 0.5) is 5.69 Å². The van der Waals surface area contributed by atoms with E-state index in [-0.39, 0.29) is 6.23 Å². The van der Waals surface area contributed by atoms with Gasteiger partial charge in [0.2, 0.25) is 0 Å². The lowest BCUT2D eigenvalue weighted by Gasteiger charge is -2.38. The van der Waals surface area contributed by atoms with Crippen molar-refractivity contribution in [3.63, 3.8) is 0 Å². The van der Waals surface area contributed by atoms with Gasteiger partial charge in [0, 0.05) is 31.9 Å². The molecule has 1 atom stereocenters. The van der Waals surface area contributed by atoms with Gasteiger partial charge in [-0.1, -0.05) is 19.1 Å². The highest BCUT2D eigenvalue weighted by atomic mass is 16.3. The highest BCUT2D eigenvalue weighted by Crippen LogP contribution is 2.16. The summed E-state index contributed by atoms with van der Waals surface area (Å²) in [7, 11) is 0. The number of benzene rings is 1. The molecule has 1 unspecified atom stereocenters. The second-order valence-corrected chi connectivity index (χ2v) is 4.17. The van der Waals surface area contributed by atoms with Gasteiger partial charge in [-0.15, -0.1) is 0 Å². The first-order valence-corrected chi connectivity index (χ1v) is 5.94. The normalized spacial score (nSPS) is 19.8. The van der Waals surface area contributed by atoms with E-state index in [0.717, 1.165) is 32.6 Å². The van der Waals surface area contributed by atoms with Crippen molar-refractivity contribution in [2.24, 2.45) is 0 Å². The fraction of sp³-hybridized carbons (Fsp3) is 0.538. The van der Waals surface area contributed by atoms with Crippen molar-refractivity contribution in [1.29, 1.82) is 0 Å². The van der Waals surface area contributed by atoms with Crippen LogP contribution in [-0.2, 0) is 0 Å². The summed E-state index contributed by atoms with van der Waals surface area (Å²) in [4.78, 5) is 4.50. The van der Waals surface area contributed by atoms with Crippen molar-refractivity contribution < 1.29 is 5.11 Å². The maximum absolute atomic E-state index is 9.74. The number of hydrogen-bond donors (Lipinski definition) is 1. The molecule has 0 saturated carbocycles. The topological polar surface area (TPSA) is 26.7 Å². The Bertz CT molecular complexity index is 307. The number of piperazine rings is 1. The zero-order valence-electron chi connectivity index (χ0n) is 9.76. The lowest BCUT2D eigenvalue weighted by Crippen LogP contribution is -2.50. The molecule has 0 bridgehead atoms. The van der Waals surface area contributed by atoms with Gasteiger partial charge in [0.25, 0.3) is 0 Å². The van der Waals surface area contributed by atoms with Crippen LogP contribution in [0.1, 0.15) is 13.3 Å². The van der Waals surface area contributed by atoms with Gasteiger partial charge in [-0.2, -0.15) is 0 Å². The van der Waals surface area contributed by atoms with Crippen LogP contribution in [0.2, 0.25) is 0 Å². The van der Waals surface area contributed by atoms with Crippen molar-refractivity contribution in [3.05, 3.63) is 30.3 Å². The molecule has 1 aromatic rings. The van der Waals surface area contributed by atoms with Gasteiger partial charge < -0.3 is 10.0 Å². The van der Waals surface area contributed by atoms with Crippen molar-refractivity contribution in [3.8, 4) is 0 Å². The Kier molecular flexibility index (Phi) is 3.80. The van der Waals surface area contributed by atoms with Gasteiger partial charge in [0.05, 0.1) is 0 Å². The highest BCUT2D eigenvalue weighted by molar-refractivity contribution is 5.46. The van der Waals surface area contributed by atoms with Gasteiger partial charge in [-0.25, -0.2) is 0 Å². The quantitative estimate of drug-likeness (QED) is 0.831. The van der Waals surface area contributed by atoms with Crippen LogP contribution in [-0.4, -0.2) is 42.4 Å². The summed E-state index contributed by atoms with van der Waals surface area (Å²) < 4.78 is 0. The Morgan fingerprint density at radius 3 is 2.44 bits per heavy atom. The van der Waals surface area contributed by atoms with Crippen molar-refractivity contribution in [2.45, 2.75) is 19.6 Å². The minimum absolute atomic E-state index is 0.272. The molecule has 1 N–H and O–H groups in total. The molecule has 0 spiro atoms. The molecule has 1 heterocycles. The van der Waals surface area contributed by atoms with Crippen molar-refractivity contribution in [2.75, 3.05) is 31.1 Å². The second-order valence-electron chi connectivity index (χ2n) is 4.17. The first-order chi connectivity index (χ1) is 7.81. The zero-order chi connectivity index (χ0) is 11.4. The Labute approximate surface area is 97.3 Å². The molecule has 1 aromatic carbocycles. The van der Waals surface area contributed by atoms with E-state index in [1.54, 1.807) is 0 Å². The third-order valence-corrected chi connectivity index (χ3v) is 3.17. The van der Waals surface area contributed by atoms with Crippen LogP contribution < -0.4 is 4.90 Å². The number of aliphatic hydroxyl groups excluding tert-OH is 1. The van der Waals surface area contributed by atoms with E-state index in [2.05, 4.69) is 28.0 Å². The van der Waals surface area contributed by atoms with E-state index in [1.165, 1.54) is 5.69 Å². The summed E-state index contributed by atoms with van der Waals surface area (Å²) in [6.45, 7) is 5.87. The molecule has 87 valence electrons. The monoisotopic (exact) mass is 219 g/mol. The Morgan fingerprint density at radius 2 is 1.88 bits per heavy atom. The summed E-state index contributed by atoms with van der Waals surface area (Å²) >= 11 is 0. The van der Waals surface area contributed by atoms with Crippen LogP contribution in [0.15, 0.2) is 24.3 Å². The molecule has 1 fully saturated rings. The average Bonchev–Trinajstić information content (AvgIpc) is 2.39. The number of aliphatic hydroxyl groups is 1. The zero-order valence-corrected chi connectivity index (χ0v) is 9.76. The Hall–Kier alpha value is -1.06. The van der Waals surface area contributed by atoms with Crippen molar-refractivity contribution in [1.82, 2.24) is 4.90 Å². The van der Waals surface area contributed by atoms with Crippen LogP contribution >= 0.6 is 0 Å². The van der Waals surface area contributed by atoms with Gasteiger partial charge in [0.1, 0.15) is 6.23 Å². The predicted molar refractivity (Wildman–Crippen MR) is 65.4 cm³/mol. The molecular weight excluding hydrogens is 200 g/mol. The molecule has 0 aliphatic carbocycles. The summed E-state index contributed by atoms with van der Waals surface area (Å²) in [5, 5.41) is 9.74. The minimum atomic E-state index is -0.272. The van der Waals surface area contributed by atoms with Crippen molar-refractivity contribution >= 4 is 5.69 Å². The molecular formula is C13H19N2O. The molecule has 1 aliphatic rings. The number of rotatable bonds is 3. The maximum atomic E-state index is 9.74. The van der Waals surface area contributed by atoms with Gasteiger partial charge in [-0.05, 0) is 24.6 Å². The van der Waals surface area contributed by atoms with E-state index in [1.807, 2.05) is 19.1 Å². The first-order valence-electron chi connectivity index (χ1n) is 5.94. The molecule has 1 radical (unpaired) electrons. The third-order valence-electron chi connectivity index (χ3n) is 3.17. The summed E-state index contributed by atoms with van der Waals surface area (Å²) in [5.41, 5.74) is 1.25. The largest absolute Gasteiger partial charge is 0.378 e. The number of hydrogen-bond acceptors (Lipinski definition) is 3. The molecule has 3 heteroatoms. The van der Waals surface area contributed by atoms with Gasteiger partial charge >= 0.3 is 0 Å². The molecule has 0 amide bonds.